The molecule has 96 valence electrons. The van der Waals surface area contributed by atoms with Gasteiger partial charge in [-0.15, -0.1) is 0 Å². The number of benzene rings is 1. The highest BCUT2D eigenvalue weighted by atomic mass is 16.3. The van der Waals surface area contributed by atoms with Crippen LogP contribution in [0.1, 0.15) is 63.5 Å². The fourth-order valence-electron chi connectivity index (χ4n) is 2.02. The van der Waals surface area contributed by atoms with E-state index < -0.39 is 6.10 Å². The summed E-state index contributed by atoms with van der Waals surface area (Å²) in [4.78, 5) is 0. The zero-order valence-electron chi connectivity index (χ0n) is 10.7. The molecule has 2 heteroatoms. The van der Waals surface area contributed by atoms with Crippen LogP contribution in [0.4, 0.5) is 0 Å². The van der Waals surface area contributed by atoms with Gasteiger partial charge in [0.05, 0.1) is 6.10 Å². The summed E-state index contributed by atoms with van der Waals surface area (Å²) in [5, 5.41) is 19.3. The Hall–Kier alpha value is -1.02. The molecule has 0 spiro atoms. The maximum Gasteiger partial charge on any atom is 0.115 e. The largest absolute Gasteiger partial charge is 0.508 e. The molecule has 0 heterocycles. The predicted octanol–water partition coefficient (Wildman–Crippen LogP) is 4.18. The monoisotopic (exact) mass is 236 g/mol. The van der Waals surface area contributed by atoms with Crippen LogP contribution in [0.5, 0.6) is 5.75 Å². The lowest BCUT2D eigenvalue weighted by Crippen LogP contribution is -1.97. The van der Waals surface area contributed by atoms with Gasteiger partial charge in [-0.3, -0.25) is 0 Å². The van der Waals surface area contributed by atoms with Gasteiger partial charge < -0.3 is 10.2 Å². The molecule has 1 atom stereocenters. The molecule has 1 aromatic carbocycles. The van der Waals surface area contributed by atoms with E-state index in [0.717, 1.165) is 18.4 Å². The summed E-state index contributed by atoms with van der Waals surface area (Å²) in [7, 11) is 0. The van der Waals surface area contributed by atoms with Crippen molar-refractivity contribution < 1.29 is 10.2 Å². The average Bonchev–Trinajstić information content (AvgIpc) is 2.33. The molecule has 2 nitrogen and oxygen atoms in total. The minimum atomic E-state index is -0.437. The van der Waals surface area contributed by atoms with Crippen molar-refractivity contribution in [1.29, 1.82) is 0 Å². The molecule has 0 bridgehead atoms. The molecule has 1 aromatic rings. The number of phenols is 1. The third-order valence-corrected chi connectivity index (χ3v) is 3.09. The van der Waals surface area contributed by atoms with Crippen LogP contribution >= 0.6 is 0 Å². The van der Waals surface area contributed by atoms with Crippen molar-refractivity contribution in [3.8, 4) is 5.75 Å². The molecular weight excluding hydrogens is 212 g/mol. The van der Waals surface area contributed by atoms with Gasteiger partial charge in [-0.1, -0.05) is 57.6 Å². The van der Waals surface area contributed by atoms with E-state index in [1.54, 1.807) is 18.2 Å². The molecule has 0 aliphatic carbocycles. The second-order valence-corrected chi connectivity index (χ2v) is 4.67. The molecule has 1 unspecified atom stereocenters. The Morgan fingerprint density at radius 2 is 1.76 bits per heavy atom. The van der Waals surface area contributed by atoms with Gasteiger partial charge in [0, 0.05) is 0 Å². The van der Waals surface area contributed by atoms with Crippen LogP contribution < -0.4 is 0 Å². The van der Waals surface area contributed by atoms with E-state index in [4.69, 9.17) is 0 Å². The van der Waals surface area contributed by atoms with Crippen LogP contribution in [0, 0.1) is 0 Å². The Bertz CT molecular complexity index is 310. The number of aliphatic hydroxyl groups excluding tert-OH is 1. The minimum absolute atomic E-state index is 0.226. The first-order chi connectivity index (χ1) is 8.24. The van der Waals surface area contributed by atoms with E-state index >= 15 is 0 Å². The van der Waals surface area contributed by atoms with E-state index in [0.29, 0.717) is 0 Å². The van der Waals surface area contributed by atoms with Crippen molar-refractivity contribution >= 4 is 0 Å². The highest BCUT2D eigenvalue weighted by Crippen LogP contribution is 2.23. The fraction of sp³-hybridized carbons (Fsp3) is 0.600. The lowest BCUT2D eigenvalue weighted by molar-refractivity contribution is 0.163. The first-order valence-electron chi connectivity index (χ1n) is 6.71. The van der Waals surface area contributed by atoms with Gasteiger partial charge in [-0.25, -0.2) is 0 Å². The molecule has 0 saturated carbocycles. The molecule has 0 aliphatic rings. The SMILES string of the molecule is CCCCCCCCC(O)c1cccc(O)c1. The summed E-state index contributed by atoms with van der Waals surface area (Å²) in [6, 6.07) is 6.90. The smallest absolute Gasteiger partial charge is 0.115 e. The third kappa shape index (κ3) is 5.73. The molecule has 0 amide bonds. The van der Waals surface area contributed by atoms with E-state index in [-0.39, 0.29) is 5.75 Å². The molecule has 0 aliphatic heterocycles. The quantitative estimate of drug-likeness (QED) is 0.665. The van der Waals surface area contributed by atoms with Crippen LogP contribution in [0.2, 0.25) is 0 Å². The molecule has 0 aromatic heterocycles. The standard InChI is InChI=1S/C15H24O2/c1-2-3-4-5-6-7-11-15(17)13-9-8-10-14(16)12-13/h8-10,12,15-17H,2-7,11H2,1H3. The van der Waals surface area contributed by atoms with Crippen molar-refractivity contribution in [2.24, 2.45) is 0 Å². The Morgan fingerprint density at radius 3 is 2.47 bits per heavy atom. The van der Waals surface area contributed by atoms with Crippen molar-refractivity contribution in [3.05, 3.63) is 29.8 Å². The number of aromatic hydroxyl groups is 1. The average molecular weight is 236 g/mol. The zero-order valence-corrected chi connectivity index (χ0v) is 10.7. The number of phenolic OH excluding ortho intramolecular Hbond substituents is 1. The summed E-state index contributed by atoms with van der Waals surface area (Å²) in [6.45, 7) is 2.21. The topological polar surface area (TPSA) is 40.5 Å². The first-order valence-corrected chi connectivity index (χ1v) is 6.71. The van der Waals surface area contributed by atoms with Crippen molar-refractivity contribution in [3.63, 3.8) is 0 Å². The summed E-state index contributed by atoms with van der Waals surface area (Å²) in [5.74, 6) is 0.226. The Balaban J connectivity index is 2.19. The van der Waals surface area contributed by atoms with E-state index in [9.17, 15) is 10.2 Å². The van der Waals surface area contributed by atoms with E-state index in [1.165, 1.54) is 32.1 Å². The van der Waals surface area contributed by atoms with Gasteiger partial charge >= 0.3 is 0 Å². The fourth-order valence-corrected chi connectivity index (χ4v) is 2.02. The van der Waals surface area contributed by atoms with Gasteiger partial charge in [0.25, 0.3) is 0 Å². The van der Waals surface area contributed by atoms with Crippen molar-refractivity contribution in [2.75, 3.05) is 0 Å². The molecule has 17 heavy (non-hydrogen) atoms. The number of rotatable bonds is 8. The molecule has 0 fully saturated rings. The third-order valence-electron chi connectivity index (χ3n) is 3.09. The summed E-state index contributed by atoms with van der Waals surface area (Å²) in [6.07, 6.45) is 7.75. The van der Waals surface area contributed by atoms with Crippen LogP contribution in [0.25, 0.3) is 0 Å². The first kappa shape index (κ1) is 14.0. The van der Waals surface area contributed by atoms with Crippen molar-refractivity contribution in [1.82, 2.24) is 0 Å². The second-order valence-electron chi connectivity index (χ2n) is 4.67. The lowest BCUT2D eigenvalue weighted by Gasteiger charge is -2.11. The zero-order chi connectivity index (χ0) is 12.5. The minimum Gasteiger partial charge on any atom is -0.508 e. The molecular formula is C15H24O2. The molecule has 1 rings (SSSR count). The summed E-state index contributed by atoms with van der Waals surface area (Å²) < 4.78 is 0. The number of hydrogen-bond acceptors (Lipinski definition) is 2. The predicted molar refractivity (Wildman–Crippen MR) is 71.1 cm³/mol. The van der Waals surface area contributed by atoms with Crippen LogP contribution in [-0.4, -0.2) is 10.2 Å². The summed E-state index contributed by atoms with van der Waals surface area (Å²) >= 11 is 0. The van der Waals surface area contributed by atoms with Gasteiger partial charge in [0.15, 0.2) is 0 Å². The summed E-state index contributed by atoms with van der Waals surface area (Å²) in [5.41, 5.74) is 0.818. The van der Waals surface area contributed by atoms with Crippen LogP contribution in [0.15, 0.2) is 24.3 Å². The molecule has 0 radical (unpaired) electrons. The van der Waals surface area contributed by atoms with Gasteiger partial charge in [0.1, 0.15) is 5.75 Å². The number of hydrogen-bond donors (Lipinski definition) is 2. The van der Waals surface area contributed by atoms with Gasteiger partial charge in [0.2, 0.25) is 0 Å². The maximum atomic E-state index is 9.94. The number of aliphatic hydroxyl groups is 1. The van der Waals surface area contributed by atoms with Gasteiger partial charge in [-0.2, -0.15) is 0 Å². The highest BCUT2D eigenvalue weighted by molar-refractivity contribution is 5.28. The molecule has 0 saturated heterocycles. The number of unbranched alkanes of at least 4 members (excludes halogenated alkanes) is 5. The second kappa shape index (κ2) is 8.13. The normalized spacial score (nSPS) is 12.6. The van der Waals surface area contributed by atoms with Crippen LogP contribution in [0.3, 0.4) is 0 Å². The van der Waals surface area contributed by atoms with E-state index in [1.807, 2.05) is 6.07 Å². The Labute approximate surface area is 104 Å². The van der Waals surface area contributed by atoms with Crippen LogP contribution in [-0.2, 0) is 0 Å². The maximum absolute atomic E-state index is 9.94. The van der Waals surface area contributed by atoms with E-state index in [2.05, 4.69) is 6.92 Å². The Kier molecular flexibility index (Phi) is 6.71. The lowest BCUT2D eigenvalue weighted by atomic mass is 10.0. The van der Waals surface area contributed by atoms with Gasteiger partial charge in [-0.05, 0) is 24.1 Å². The highest BCUT2D eigenvalue weighted by Gasteiger charge is 2.07. The Morgan fingerprint density at radius 1 is 1.06 bits per heavy atom. The molecule has 2 N–H and O–H groups in total. The van der Waals surface area contributed by atoms with Crippen molar-refractivity contribution in [2.45, 2.75) is 58.0 Å².